The van der Waals surface area contributed by atoms with Gasteiger partial charge in [-0.05, 0) is 72.1 Å². The van der Waals surface area contributed by atoms with Crippen LogP contribution in [0, 0.1) is 11.2 Å². The summed E-state index contributed by atoms with van der Waals surface area (Å²) < 4.78 is 58.9. The van der Waals surface area contributed by atoms with E-state index in [1.54, 1.807) is 0 Å². The second-order valence-corrected chi connectivity index (χ2v) is 14.1. The maximum absolute atomic E-state index is 15.3. The molecule has 3 aliphatic heterocycles. The third-order valence-corrected chi connectivity index (χ3v) is 10.1. The maximum atomic E-state index is 15.3. The number of hydrogen-bond donors (Lipinski definition) is 1. The summed E-state index contributed by atoms with van der Waals surface area (Å²) in [5.41, 5.74) is 4.04. The molecule has 2 aromatic rings. The van der Waals surface area contributed by atoms with Crippen molar-refractivity contribution in [3.63, 3.8) is 0 Å². The number of carbonyl (C=O) groups excluding carboxylic acids is 3. The number of fused-ring (bicyclic) bond motifs is 1. The fourth-order valence-corrected chi connectivity index (χ4v) is 7.36. The van der Waals surface area contributed by atoms with Gasteiger partial charge < -0.3 is 4.90 Å². The number of benzene rings is 2. The first-order chi connectivity index (χ1) is 21.7. The summed E-state index contributed by atoms with van der Waals surface area (Å²) in [5, 5.41) is 2.85. The minimum atomic E-state index is -4.54. The van der Waals surface area contributed by atoms with Crippen molar-refractivity contribution in [2.75, 3.05) is 26.2 Å². The van der Waals surface area contributed by atoms with Gasteiger partial charge >= 0.3 is 6.18 Å². The molecule has 7 nitrogen and oxygen atoms in total. The highest BCUT2D eigenvalue weighted by Crippen LogP contribution is 2.44. The summed E-state index contributed by atoms with van der Waals surface area (Å²) in [6, 6.07) is 7.46. The van der Waals surface area contributed by atoms with Crippen LogP contribution < -0.4 is 5.32 Å². The maximum Gasteiger partial charge on any atom is 0.405 e. The van der Waals surface area contributed by atoms with Crippen LogP contribution in [0.1, 0.15) is 73.0 Å². The average Bonchev–Trinajstić information content (AvgIpc) is 3.29. The molecule has 0 spiro atoms. The van der Waals surface area contributed by atoms with Gasteiger partial charge in [-0.2, -0.15) is 13.2 Å². The van der Waals surface area contributed by atoms with Crippen LogP contribution in [0.15, 0.2) is 42.0 Å². The van der Waals surface area contributed by atoms with Crippen molar-refractivity contribution in [2.45, 2.75) is 77.3 Å². The molecule has 12 heteroatoms. The molecule has 3 amide bonds. The number of nitrogens with zero attached hydrogens (tertiary/aromatic N) is 3. The van der Waals surface area contributed by atoms with E-state index in [-0.39, 0.29) is 55.6 Å². The van der Waals surface area contributed by atoms with Crippen molar-refractivity contribution in [1.29, 1.82) is 0 Å². The first-order valence-corrected chi connectivity index (χ1v) is 16.0. The first kappa shape index (κ1) is 32.7. The topological polar surface area (TPSA) is 73.0 Å². The first-order valence-electron chi connectivity index (χ1n) is 15.6. The number of rotatable bonds is 6. The minimum absolute atomic E-state index is 0.0199. The number of hydrogen-bond acceptors (Lipinski definition) is 5. The minimum Gasteiger partial charge on any atom is -0.322 e. The van der Waals surface area contributed by atoms with E-state index in [1.807, 2.05) is 29.2 Å². The lowest BCUT2D eigenvalue weighted by molar-refractivity contribution is -0.198. The molecular formula is C34H37ClF4N4O3. The molecule has 4 aliphatic rings. The zero-order chi connectivity index (χ0) is 33.0. The molecule has 2 unspecified atom stereocenters. The average molecular weight is 661 g/mol. The Morgan fingerprint density at radius 1 is 1.02 bits per heavy atom. The molecule has 6 rings (SSSR count). The Morgan fingerprint density at radius 3 is 2.46 bits per heavy atom. The van der Waals surface area contributed by atoms with E-state index in [9.17, 15) is 27.6 Å². The van der Waals surface area contributed by atoms with Crippen LogP contribution in [-0.4, -0.2) is 76.9 Å². The van der Waals surface area contributed by atoms with Crippen molar-refractivity contribution >= 4 is 34.9 Å². The second-order valence-electron chi connectivity index (χ2n) is 13.7. The van der Waals surface area contributed by atoms with Crippen LogP contribution in [0.25, 0.3) is 5.57 Å². The van der Waals surface area contributed by atoms with Gasteiger partial charge in [-0.1, -0.05) is 43.2 Å². The summed E-state index contributed by atoms with van der Waals surface area (Å²) >= 11 is 6.12. The van der Waals surface area contributed by atoms with E-state index in [4.69, 9.17) is 11.6 Å². The van der Waals surface area contributed by atoms with Gasteiger partial charge in [-0.25, -0.2) is 4.39 Å². The van der Waals surface area contributed by atoms with Gasteiger partial charge in [0.25, 0.3) is 5.91 Å². The third-order valence-electron chi connectivity index (χ3n) is 9.81. The van der Waals surface area contributed by atoms with Gasteiger partial charge in [0.2, 0.25) is 11.8 Å². The van der Waals surface area contributed by atoms with Gasteiger partial charge in [0.05, 0.1) is 0 Å². The van der Waals surface area contributed by atoms with Crippen molar-refractivity contribution in [3.05, 3.63) is 75.1 Å². The van der Waals surface area contributed by atoms with Gasteiger partial charge in [0.15, 0.2) is 0 Å². The standard InChI is InChI=1S/C34H37ClF4N4O3/c1-33(2)10-9-21(26(15-33)20-3-5-24(35)6-4-20)16-41-11-12-42(29(19-41)34(37,38)39)17-23-13-22-18-43(32(46)25(22)14-27(23)36)28-7-8-30(44)40-31(28)45/h3-6,13-14,28-29H,7-12,15-19H2,1-2H3,(H,40,44,45). The summed E-state index contributed by atoms with van der Waals surface area (Å²) in [6.45, 7) is 4.84. The Hall–Kier alpha value is -3.28. The molecule has 0 radical (unpaired) electrons. The van der Waals surface area contributed by atoms with Crippen LogP contribution in [0.4, 0.5) is 17.6 Å². The van der Waals surface area contributed by atoms with Gasteiger partial charge in [0.1, 0.15) is 17.9 Å². The monoisotopic (exact) mass is 660 g/mol. The van der Waals surface area contributed by atoms with Crippen molar-refractivity contribution in [1.82, 2.24) is 20.0 Å². The highest BCUT2D eigenvalue weighted by Gasteiger charge is 2.47. The van der Waals surface area contributed by atoms with E-state index in [0.717, 1.165) is 36.5 Å². The molecule has 0 aromatic heterocycles. The normalized spacial score (nSPS) is 24.4. The molecule has 3 heterocycles. The highest BCUT2D eigenvalue weighted by molar-refractivity contribution is 6.30. The Kier molecular flexibility index (Phi) is 8.80. The molecule has 46 heavy (non-hydrogen) atoms. The lowest BCUT2D eigenvalue weighted by atomic mass is 9.72. The number of imide groups is 1. The molecule has 246 valence electrons. The summed E-state index contributed by atoms with van der Waals surface area (Å²) in [5.74, 6) is -2.30. The predicted molar refractivity (Wildman–Crippen MR) is 165 cm³/mol. The van der Waals surface area contributed by atoms with Crippen LogP contribution in [0.5, 0.6) is 0 Å². The quantitative estimate of drug-likeness (QED) is 0.306. The van der Waals surface area contributed by atoms with Crippen molar-refractivity contribution < 1.29 is 31.9 Å². The second kappa shape index (κ2) is 12.4. The molecule has 0 bridgehead atoms. The number of nitrogens with one attached hydrogen (secondary N) is 1. The van der Waals surface area contributed by atoms with E-state index in [1.165, 1.54) is 21.4 Å². The molecule has 2 fully saturated rings. The summed E-state index contributed by atoms with van der Waals surface area (Å²) in [4.78, 5) is 41.4. The number of alkyl halides is 3. The van der Waals surface area contributed by atoms with Gasteiger partial charge in [0, 0.05) is 61.8 Å². The van der Waals surface area contributed by atoms with Crippen LogP contribution >= 0.6 is 11.6 Å². The van der Waals surface area contributed by atoms with Crippen LogP contribution in [-0.2, 0) is 22.7 Å². The number of halogens is 5. The zero-order valence-corrected chi connectivity index (χ0v) is 26.6. The smallest absolute Gasteiger partial charge is 0.322 e. The molecular weight excluding hydrogens is 624 g/mol. The van der Waals surface area contributed by atoms with Gasteiger partial charge in [-0.3, -0.25) is 29.5 Å². The molecule has 1 aliphatic carbocycles. The largest absolute Gasteiger partial charge is 0.405 e. The number of piperidine rings is 1. The summed E-state index contributed by atoms with van der Waals surface area (Å²) in [7, 11) is 0. The lowest BCUT2D eigenvalue weighted by Crippen LogP contribution is -2.58. The zero-order valence-electron chi connectivity index (χ0n) is 25.9. The molecule has 2 saturated heterocycles. The Bertz CT molecular complexity index is 1590. The molecule has 2 aromatic carbocycles. The van der Waals surface area contributed by atoms with Crippen LogP contribution in [0.2, 0.25) is 5.02 Å². The number of piperazine rings is 1. The fourth-order valence-electron chi connectivity index (χ4n) is 7.23. The van der Waals surface area contributed by atoms with Crippen LogP contribution in [0.3, 0.4) is 0 Å². The van der Waals surface area contributed by atoms with E-state index in [2.05, 4.69) is 19.2 Å². The third kappa shape index (κ3) is 6.73. The van der Waals surface area contributed by atoms with Gasteiger partial charge in [-0.15, -0.1) is 0 Å². The van der Waals surface area contributed by atoms with Crippen molar-refractivity contribution in [2.24, 2.45) is 5.41 Å². The number of amides is 3. The predicted octanol–water partition coefficient (Wildman–Crippen LogP) is 5.95. The Balaban J connectivity index is 1.19. The summed E-state index contributed by atoms with van der Waals surface area (Å²) in [6.07, 6.45) is -1.72. The van der Waals surface area contributed by atoms with E-state index in [0.29, 0.717) is 23.7 Å². The van der Waals surface area contributed by atoms with Crippen molar-refractivity contribution in [3.8, 4) is 0 Å². The molecule has 0 saturated carbocycles. The van der Waals surface area contributed by atoms with E-state index >= 15 is 4.39 Å². The Labute approximate surface area is 270 Å². The number of allylic oxidation sites excluding steroid dienone is 1. The number of carbonyl (C=O) groups is 3. The SMILES string of the molecule is CC1(C)CCC(CN2CCN(Cc3cc4c(cc3F)C(=O)N(C3CCC(=O)NC3=O)C4)C(C(F)(F)F)C2)=C(c2ccc(Cl)cc2)C1. The highest BCUT2D eigenvalue weighted by atomic mass is 35.5. The Morgan fingerprint density at radius 2 is 1.76 bits per heavy atom. The lowest BCUT2D eigenvalue weighted by Gasteiger charge is -2.43. The fraction of sp³-hybridized carbons (Fsp3) is 0.500. The molecule has 2 atom stereocenters. The molecule has 1 N–H and O–H groups in total. The van der Waals surface area contributed by atoms with E-state index < -0.39 is 41.8 Å².